The van der Waals surface area contributed by atoms with E-state index in [4.69, 9.17) is 5.73 Å². The van der Waals surface area contributed by atoms with E-state index in [1.54, 1.807) is 0 Å². The minimum atomic E-state index is 0.604. The molecule has 0 bridgehead atoms. The van der Waals surface area contributed by atoms with Crippen molar-refractivity contribution in [1.29, 1.82) is 0 Å². The molecule has 0 spiro atoms. The summed E-state index contributed by atoms with van der Waals surface area (Å²) in [6.45, 7) is 1.76. The molecule has 3 heteroatoms. The molecule has 1 saturated carbocycles. The predicted molar refractivity (Wildman–Crippen MR) is 75.8 cm³/mol. The largest absolute Gasteiger partial charge is 0.330 e. The van der Waals surface area contributed by atoms with Gasteiger partial charge in [0, 0.05) is 17.1 Å². The molecule has 0 saturated heterocycles. The Morgan fingerprint density at radius 3 is 2.88 bits per heavy atom. The molecular formula is C14H21BrN2. The van der Waals surface area contributed by atoms with Crippen LogP contribution in [0.5, 0.6) is 0 Å². The van der Waals surface area contributed by atoms with Crippen molar-refractivity contribution >= 4 is 15.9 Å². The zero-order valence-electron chi connectivity index (χ0n) is 10.2. The molecule has 1 fully saturated rings. The van der Waals surface area contributed by atoms with Gasteiger partial charge in [-0.1, -0.05) is 40.9 Å². The summed E-state index contributed by atoms with van der Waals surface area (Å²) in [7, 11) is 0. The fourth-order valence-corrected chi connectivity index (χ4v) is 3.10. The standard InChI is InChI=1S/C14H21BrN2/c15-13-6-3-4-11(8-13)10-17-14-7-2-1-5-12(14)9-16/h3-4,6,8,12,14,17H,1-2,5,7,9-10,16H2. The first kappa shape index (κ1) is 13.1. The molecule has 3 N–H and O–H groups in total. The highest BCUT2D eigenvalue weighted by Crippen LogP contribution is 2.24. The third-order valence-corrected chi connectivity index (χ3v) is 4.16. The average molecular weight is 297 g/mol. The van der Waals surface area contributed by atoms with Gasteiger partial charge in [0.05, 0.1) is 0 Å². The molecule has 2 atom stereocenters. The molecule has 2 unspecified atom stereocenters. The van der Waals surface area contributed by atoms with E-state index in [1.165, 1.54) is 31.2 Å². The van der Waals surface area contributed by atoms with Gasteiger partial charge >= 0.3 is 0 Å². The fourth-order valence-electron chi connectivity index (χ4n) is 2.65. The molecule has 0 amide bonds. The van der Waals surface area contributed by atoms with Gasteiger partial charge < -0.3 is 11.1 Å². The minimum absolute atomic E-state index is 0.604. The Balaban J connectivity index is 1.88. The topological polar surface area (TPSA) is 38.0 Å². The van der Waals surface area contributed by atoms with Crippen LogP contribution < -0.4 is 11.1 Å². The van der Waals surface area contributed by atoms with Crippen molar-refractivity contribution in [3.05, 3.63) is 34.3 Å². The normalized spacial score (nSPS) is 24.8. The molecule has 94 valence electrons. The summed E-state index contributed by atoms with van der Waals surface area (Å²) in [5.74, 6) is 0.663. The van der Waals surface area contributed by atoms with E-state index in [0.717, 1.165) is 17.6 Å². The van der Waals surface area contributed by atoms with E-state index < -0.39 is 0 Å². The Morgan fingerprint density at radius 1 is 1.29 bits per heavy atom. The summed E-state index contributed by atoms with van der Waals surface area (Å²) >= 11 is 3.51. The van der Waals surface area contributed by atoms with Crippen molar-refractivity contribution < 1.29 is 0 Å². The van der Waals surface area contributed by atoms with E-state index in [9.17, 15) is 0 Å². The Labute approximate surface area is 112 Å². The highest BCUT2D eigenvalue weighted by molar-refractivity contribution is 9.10. The minimum Gasteiger partial charge on any atom is -0.330 e. The average Bonchev–Trinajstić information content (AvgIpc) is 2.37. The SMILES string of the molecule is NCC1CCCCC1NCc1cccc(Br)c1. The molecule has 17 heavy (non-hydrogen) atoms. The maximum absolute atomic E-state index is 5.84. The molecule has 2 nitrogen and oxygen atoms in total. The van der Waals surface area contributed by atoms with Gasteiger partial charge in [0.15, 0.2) is 0 Å². The third kappa shape index (κ3) is 3.80. The van der Waals surface area contributed by atoms with Crippen LogP contribution in [0.25, 0.3) is 0 Å². The zero-order valence-corrected chi connectivity index (χ0v) is 11.7. The van der Waals surface area contributed by atoms with Gasteiger partial charge in [-0.3, -0.25) is 0 Å². The van der Waals surface area contributed by atoms with E-state index in [-0.39, 0.29) is 0 Å². The highest BCUT2D eigenvalue weighted by Gasteiger charge is 2.23. The Hall–Kier alpha value is -0.380. The fraction of sp³-hybridized carbons (Fsp3) is 0.571. The second-order valence-corrected chi connectivity index (χ2v) is 5.81. The Morgan fingerprint density at radius 2 is 2.12 bits per heavy atom. The lowest BCUT2D eigenvalue weighted by Gasteiger charge is -2.31. The number of nitrogens with one attached hydrogen (secondary N) is 1. The van der Waals surface area contributed by atoms with Crippen LogP contribution in [0, 0.1) is 5.92 Å². The number of benzene rings is 1. The van der Waals surface area contributed by atoms with Gasteiger partial charge in [0.2, 0.25) is 0 Å². The van der Waals surface area contributed by atoms with Crippen molar-refractivity contribution in [3.8, 4) is 0 Å². The number of hydrogen-bond donors (Lipinski definition) is 2. The van der Waals surface area contributed by atoms with Crippen LogP contribution in [-0.2, 0) is 6.54 Å². The first-order valence-electron chi connectivity index (χ1n) is 6.47. The molecule has 0 aliphatic heterocycles. The number of hydrogen-bond acceptors (Lipinski definition) is 2. The van der Waals surface area contributed by atoms with Crippen molar-refractivity contribution in [2.45, 2.75) is 38.3 Å². The Kier molecular flexibility index (Phi) is 5.01. The quantitative estimate of drug-likeness (QED) is 0.896. The van der Waals surface area contributed by atoms with E-state index in [1.807, 2.05) is 0 Å². The lowest BCUT2D eigenvalue weighted by atomic mass is 9.84. The molecule has 0 heterocycles. The van der Waals surface area contributed by atoms with Crippen LogP contribution in [0.3, 0.4) is 0 Å². The van der Waals surface area contributed by atoms with E-state index in [0.29, 0.717) is 12.0 Å². The molecule has 1 aromatic carbocycles. The number of halogens is 1. The smallest absolute Gasteiger partial charge is 0.0208 e. The molecule has 1 aliphatic carbocycles. The van der Waals surface area contributed by atoms with Crippen LogP contribution >= 0.6 is 15.9 Å². The van der Waals surface area contributed by atoms with Crippen LogP contribution in [0.1, 0.15) is 31.2 Å². The summed E-state index contributed by atoms with van der Waals surface area (Å²) in [6, 6.07) is 9.09. The molecule has 2 rings (SSSR count). The summed E-state index contributed by atoms with van der Waals surface area (Å²) in [5.41, 5.74) is 7.17. The van der Waals surface area contributed by atoms with Crippen LogP contribution in [0.2, 0.25) is 0 Å². The second-order valence-electron chi connectivity index (χ2n) is 4.90. The van der Waals surface area contributed by atoms with Crippen molar-refractivity contribution in [2.24, 2.45) is 11.7 Å². The van der Waals surface area contributed by atoms with Crippen LogP contribution in [0.4, 0.5) is 0 Å². The predicted octanol–water partition coefficient (Wildman–Crippen LogP) is 3.06. The van der Waals surface area contributed by atoms with Gasteiger partial charge in [-0.2, -0.15) is 0 Å². The maximum atomic E-state index is 5.84. The molecule has 0 aromatic heterocycles. The third-order valence-electron chi connectivity index (χ3n) is 3.67. The van der Waals surface area contributed by atoms with Crippen molar-refractivity contribution in [2.75, 3.05) is 6.54 Å². The van der Waals surface area contributed by atoms with Crippen molar-refractivity contribution in [3.63, 3.8) is 0 Å². The van der Waals surface area contributed by atoms with Crippen molar-refractivity contribution in [1.82, 2.24) is 5.32 Å². The van der Waals surface area contributed by atoms with Gasteiger partial charge in [-0.15, -0.1) is 0 Å². The van der Waals surface area contributed by atoms with E-state index >= 15 is 0 Å². The number of rotatable bonds is 4. The summed E-state index contributed by atoms with van der Waals surface area (Å²) < 4.78 is 1.15. The Bertz CT molecular complexity index is 354. The summed E-state index contributed by atoms with van der Waals surface area (Å²) in [4.78, 5) is 0. The zero-order chi connectivity index (χ0) is 12.1. The molecular weight excluding hydrogens is 276 g/mol. The summed E-state index contributed by atoms with van der Waals surface area (Å²) in [6.07, 6.45) is 5.24. The van der Waals surface area contributed by atoms with Gasteiger partial charge in [0.25, 0.3) is 0 Å². The van der Waals surface area contributed by atoms with Gasteiger partial charge in [-0.25, -0.2) is 0 Å². The molecule has 0 radical (unpaired) electrons. The lowest BCUT2D eigenvalue weighted by Crippen LogP contribution is -2.41. The highest BCUT2D eigenvalue weighted by atomic mass is 79.9. The lowest BCUT2D eigenvalue weighted by molar-refractivity contribution is 0.267. The van der Waals surface area contributed by atoms with E-state index in [2.05, 4.69) is 45.5 Å². The van der Waals surface area contributed by atoms with Crippen LogP contribution in [0.15, 0.2) is 28.7 Å². The first-order chi connectivity index (χ1) is 8.29. The monoisotopic (exact) mass is 296 g/mol. The first-order valence-corrected chi connectivity index (χ1v) is 7.27. The molecule has 1 aliphatic rings. The number of nitrogens with two attached hydrogens (primary N) is 1. The van der Waals surface area contributed by atoms with Crippen LogP contribution in [-0.4, -0.2) is 12.6 Å². The van der Waals surface area contributed by atoms with Gasteiger partial charge in [-0.05, 0) is 43.0 Å². The van der Waals surface area contributed by atoms with Gasteiger partial charge in [0.1, 0.15) is 0 Å². The second kappa shape index (κ2) is 6.53. The summed E-state index contributed by atoms with van der Waals surface area (Å²) in [5, 5.41) is 3.67. The maximum Gasteiger partial charge on any atom is 0.0208 e. The molecule has 1 aromatic rings.